The van der Waals surface area contributed by atoms with Crippen LogP contribution in [0.25, 0.3) is 10.4 Å². The predicted octanol–water partition coefficient (Wildman–Crippen LogP) is 7.31. The molecule has 0 aliphatic carbocycles. The van der Waals surface area contributed by atoms with Gasteiger partial charge in [0.05, 0.1) is 10.0 Å². The Kier molecular flexibility index (Phi) is 12.0. The van der Waals surface area contributed by atoms with Crippen molar-refractivity contribution >= 4 is 52.2 Å². The number of carbonyl (C=O) groups excluding carboxylic acids is 2. The lowest BCUT2D eigenvalue weighted by Crippen LogP contribution is -2.48. The van der Waals surface area contributed by atoms with E-state index in [2.05, 4.69) is 46.7 Å². The highest BCUT2D eigenvalue weighted by molar-refractivity contribution is 7.15. The number of piperazine rings is 1. The van der Waals surface area contributed by atoms with Crippen LogP contribution >= 0.6 is 34.5 Å². The zero-order valence-corrected chi connectivity index (χ0v) is 26.9. The van der Waals surface area contributed by atoms with Gasteiger partial charge in [0, 0.05) is 65.2 Å². The molecule has 3 aromatic carbocycles. The molecule has 4 aromatic rings. The van der Waals surface area contributed by atoms with Crippen LogP contribution in [-0.4, -0.2) is 59.5 Å². The van der Waals surface area contributed by atoms with E-state index in [0.29, 0.717) is 39.3 Å². The van der Waals surface area contributed by atoms with Gasteiger partial charge >= 0.3 is 12.1 Å². The molecule has 1 saturated heterocycles. The first-order valence-corrected chi connectivity index (χ1v) is 15.7. The molecule has 3 N–H and O–H groups in total. The fourth-order valence-corrected chi connectivity index (χ4v) is 6.06. The second kappa shape index (κ2) is 15.7. The van der Waals surface area contributed by atoms with E-state index in [4.69, 9.17) is 33.1 Å². The Morgan fingerprint density at radius 1 is 0.957 bits per heavy atom. The second-order valence-corrected chi connectivity index (χ2v) is 12.6. The third-order valence-electron chi connectivity index (χ3n) is 6.97. The average molecular weight is 693 g/mol. The minimum Gasteiger partial charge on any atom is -0.475 e. The highest BCUT2D eigenvalue weighted by Crippen LogP contribution is 2.30. The van der Waals surface area contributed by atoms with E-state index in [1.165, 1.54) is 15.8 Å². The maximum atomic E-state index is 12.9. The Bertz CT molecular complexity index is 1710. The van der Waals surface area contributed by atoms with E-state index in [9.17, 15) is 22.8 Å². The van der Waals surface area contributed by atoms with Crippen molar-refractivity contribution in [3.05, 3.63) is 116 Å². The van der Waals surface area contributed by atoms with Crippen LogP contribution in [0.2, 0.25) is 10.0 Å². The van der Waals surface area contributed by atoms with Gasteiger partial charge in [-0.3, -0.25) is 14.5 Å². The topological polar surface area (TPSA) is 98.7 Å². The lowest BCUT2D eigenvalue weighted by molar-refractivity contribution is -0.192. The van der Waals surface area contributed by atoms with Crippen molar-refractivity contribution in [1.82, 2.24) is 15.5 Å². The lowest BCUT2D eigenvalue weighted by Gasteiger charge is -2.31. The largest absolute Gasteiger partial charge is 0.490 e. The first-order valence-electron chi connectivity index (χ1n) is 14.1. The molecular weight excluding hydrogens is 662 g/mol. The number of hydrogen-bond donors (Lipinski definition) is 3. The number of rotatable bonds is 8. The summed E-state index contributed by atoms with van der Waals surface area (Å²) in [6.07, 6.45) is -5.08. The summed E-state index contributed by atoms with van der Waals surface area (Å²) in [5.41, 5.74) is 3.39. The van der Waals surface area contributed by atoms with Crippen molar-refractivity contribution in [2.45, 2.75) is 32.2 Å². The molecule has 1 atom stereocenters. The molecule has 2 heterocycles. The second-order valence-electron chi connectivity index (χ2n) is 10.6. The van der Waals surface area contributed by atoms with Crippen LogP contribution in [0.15, 0.2) is 78.9 Å². The SMILES string of the molecule is C[C@H]1CN(Cc2ccc(-c3cccc(CNC(=O)c4cccc(C(=O)c5ccc(Cl)c(Cl)c5)c4)c3)s2)CCN1.O=C(O)C(F)(F)F. The van der Waals surface area contributed by atoms with E-state index in [1.54, 1.807) is 36.4 Å². The summed E-state index contributed by atoms with van der Waals surface area (Å²) in [5.74, 6) is -3.22. The molecule has 46 heavy (non-hydrogen) atoms. The Morgan fingerprint density at radius 3 is 2.35 bits per heavy atom. The molecular formula is C33H30Cl2F3N3O4S. The van der Waals surface area contributed by atoms with Crippen molar-refractivity contribution in [2.75, 3.05) is 19.6 Å². The first kappa shape index (κ1) is 35.1. The van der Waals surface area contributed by atoms with Gasteiger partial charge in [0.1, 0.15) is 0 Å². The zero-order valence-electron chi connectivity index (χ0n) is 24.5. The Labute approximate surface area is 277 Å². The van der Waals surface area contributed by atoms with Gasteiger partial charge in [-0.2, -0.15) is 13.2 Å². The maximum Gasteiger partial charge on any atom is 0.490 e. The van der Waals surface area contributed by atoms with Gasteiger partial charge in [-0.15, -0.1) is 11.3 Å². The fraction of sp³-hybridized carbons (Fsp3) is 0.242. The molecule has 13 heteroatoms. The van der Waals surface area contributed by atoms with E-state index < -0.39 is 12.1 Å². The number of nitrogens with one attached hydrogen (secondary N) is 2. The molecule has 0 saturated carbocycles. The number of hydrogen-bond acceptors (Lipinski definition) is 6. The zero-order chi connectivity index (χ0) is 33.4. The Balaban J connectivity index is 0.000000617. The normalized spacial score (nSPS) is 15.0. The smallest absolute Gasteiger partial charge is 0.475 e. The number of halogens is 5. The Hall–Kier alpha value is -3.74. The molecule has 0 spiro atoms. The summed E-state index contributed by atoms with van der Waals surface area (Å²) in [7, 11) is 0. The number of amides is 1. The minimum absolute atomic E-state index is 0.224. The van der Waals surface area contributed by atoms with E-state index in [1.807, 2.05) is 23.5 Å². The van der Waals surface area contributed by atoms with Gasteiger partial charge in [-0.05, 0) is 66.6 Å². The van der Waals surface area contributed by atoms with Crippen molar-refractivity contribution in [3.8, 4) is 10.4 Å². The van der Waals surface area contributed by atoms with Crippen LogP contribution in [0, 0.1) is 0 Å². The highest BCUT2D eigenvalue weighted by Gasteiger charge is 2.38. The van der Waals surface area contributed by atoms with E-state index >= 15 is 0 Å². The number of alkyl halides is 3. The molecule has 0 radical (unpaired) electrons. The molecule has 242 valence electrons. The third-order valence-corrected chi connectivity index (χ3v) is 8.83. The first-order chi connectivity index (χ1) is 21.8. The molecule has 1 aromatic heterocycles. The van der Waals surface area contributed by atoms with Crippen LogP contribution in [-0.2, 0) is 17.9 Å². The van der Waals surface area contributed by atoms with Gasteiger partial charge in [0.15, 0.2) is 5.78 Å². The lowest BCUT2D eigenvalue weighted by atomic mass is 10.0. The number of ketones is 1. The summed E-state index contributed by atoms with van der Waals surface area (Å²) in [4.78, 5) is 39.8. The van der Waals surface area contributed by atoms with Crippen LogP contribution in [0.1, 0.15) is 43.6 Å². The summed E-state index contributed by atoms with van der Waals surface area (Å²) in [6.45, 7) is 6.75. The Morgan fingerprint density at radius 2 is 1.65 bits per heavy atom. The van der Waals surface area contributed by atoms with Gasteiger partial charge in [-0.1, -0.05) is 53.5 Å². The van der Waals surface area contributed by atoms with Crippen molar-refractivity contribution in [3.63, 3.8) is 0 Å². The quantitative estimate of drug-likeness (QED) is 0.168. The highest BCUT2D eigenvalue weighted by atomic mass is 35.5. The van der Waals surface area contributed by atoms with Crippen LogP contribution < -0.4 is 10.6 Å². The standard InChI is InChI=1S/C31H29Cl2N3O2S.C2HF3O2/c1-20-18-36(13-12-34-20)19-26-9-11-29(39-26)22-5-2-4-21(14-22)17-35-31(38)25-7-3-6-23(15-25)30(37)24-8-10-27(32)28(33)16-24;3-2(4,5)1(6)7/h2-11,14-16,20,34H,12-13,17-19H2,1H3,(H,35,38);(H,6,7)/t20-;/m0./s1. The summed E-state index contributed by atoms with van der Waals surface area (Å²) < 4.78 is 31.7. The number of benzene rings is 3. The molecule has 1 aliphatic rings. The number of thiophene rings is 1. The number of carboxylic acid groups (broad SMARTS) is 1. The van der Waals surface area contributed by atoms with Crippen LogP contribution in [0.3, 0.4) is 0 Å². The van der Waals surface area contributed by atoms with Crippen molar-refractivity contribution < 1.29 is 32.7 Å². The van der Waals surface area contributed by atoms with Crippen molar-refractivity contribution in [1.29, 1.82) is 0 Å². The molecule has 0 bridgehead atoms. The predicted molar refractivity (Wildman–Crippen MR) is 174 cm³/mol. The van der Waals surface area contributed by atoms with E-state index in [-0.39, 0.29) is 11.7 Å². The number of carboxylic acids is 1. The molecule has 5 rings (SSSR count). The maximum absolute atomic E-state index is 12.9. The van der Waals surface area contributed by atoms with Crippen molar-refractivity contribution in [2.24, 2.45) is 0 Å². The number of nitrogens with zero attached hydrogens (tertiary/aromatic N) is 1. The average Bonchev–Trinajstić information content (AvgIpc) is 3.49. The minimum atomic E-state index is -5.08. The van der Waals surface area contributed by atoms with Gasteiger partial charge in [0.25, 0.3) is 5.91 Å². The molecule has 7 nitrogen and oxygen atoms in total. The van der Waals surface area contributed by atoms with Crippen LogP contribution in [0.5, 0.6) is 0 Å². The van der Waals surface area contributed by atoms with Crippen LogP contribution in [0.4, 0.5) is 13.2 Å². The summed E-state index contributed by atoms with van der Waals surface area (Å²) in [6, 6.07) is 24.6. The molecule has 1 fully saturated rings. The van der Waals surface area contributed by atoms with Gasteiger partial charge in [0.2, 0.25) is 0 Å². The summed E-state index contributed by atoms with van der Waals surface area (Å²) >= 11 is 13.9. The van der Waals surface area contributed by atoms with Gasteiger partial charge < -0.3 is 15.7 Å². The fourth-order valence-electron chi connectivity index (χ4n) is 4.72. The monoisotopic (exact) mass is 691 g/mol. The van der Waals surface area contributed by atoms with E-state index in [0.717, 1.165) is 37.3 Å². The third kappa shape index (κ3) is 9.88. The summed E-state index contributed by atoms with van der Waals surface area (Å²) in [5, 5.41) is 14.3. The molecule has 0 unspecified atom stereocenters. The number of aliphatic carboxylic acids is 1. The van der Waals surface area contributed by atoms with Gasteiger partial charge in [-0.25, -0.2) is 4.79 Å². The molecule has 1 aliphatic heterocycles. The molecule has 1 amide bonds. The number of carbonyl (C=O) groups is 3.